The van der Waals surface area contributed by atoms with E-state index < -0.39 is 17.8 Å². The summed E-state index contributed by atoms with van der Waals surface area (Å²) in [6, 6.07) is 5.92. The van der Waals surface area contributed by atoms with Crippen LogP contribution < -0.4 is 20.1 Å². The van der Waals surface area contributed by atoms with Crippen LogP contribution in [0.3, 0.4) is 0 Å². The number of carboxylic acids is 1. The quantitative estimate of drug-likeness (QED) is 0.732. The molecule has 2 aromatic rings. The number of carbonyl (C=O) groups is 2. The van der Waals surface area contributed by atoms with Gasteiger partial charge in [-0.2, -0.15) is 0 Å². The fraction of sp³-hybridized carbons (Fsp3) is 0.222. The molecule has 136 valence electrons. The van der Waals surface area contributed by atoms with Gasteiger partial charge >= 0.3 is 5.97 Å². The standard InChI is InChI=1S/C18H17FN2O5/c1-25-14-4-3-9(6-15(14)26-2)16(18(23)24)21-13-7-11-10(5-12(13)19)8-20-17(11)22/h3-7,16,21H,8H2,1-2H3,(H,20,22)(H,23,24). The van der Waals surface area contributed by atoms with Gasteiger partial charge in [0.15, 0.2) is 17.5 Å². The number of ether oxygens (including phenoxy) is 2. The smallest absolute Gasteiger partial charge is 0.330 e. The molecule has 1 heterocycles. The van der Waals surface area contributed by atoms with Crippen LogP contribution in [0.2, 0.25) is 0 Å². The van der Waals surface area contributed by atoms with E-state index in [-0.39, 0.29) is 18.1 Å². The summed E-state index contributed by atoms with van der Waals surface area (Å²) in [5.41, 5.74) is 1.14. The van der Waals surface area contributed by atoms with Gasteiger partial charge in [0, 0.05) is 12.1 Å². The van der Waals surface area contributed by atoms with Crippen LogP contribution in [0.4, 0.5) is 10.1 Å². The van der Waals surface area contributed by atoms with E-state index in [1.54, 1.807) is 12.1 Å². The number of nitrogens with one attached hydrogen (secondary N) is 2. The molecule has 1 aliphatic heterocycles. The number of hydrogen-bond acceptors (Lipinski definition) is 5. The number of hydrogen-bond donors (Lipinski definition) is 3. The summed E-state index contributed by atoms with van der Waals surface area (Å²) in [6.07, 6.45) is 0. The average molecular weight is 360 g/mol. The molecule has 3 N–H and O–H groups in total. The summed E-state index contributed by atoms with van der Waals surface area (Å²) >= 11 is 0. The summed E-state index contributed by atoms with van der Waals surface area (Å²) in [4.78, 5) is 23.5. The predicted molar refractivity (Wildman–Crippen MR) is 91.1 cm³/mol. The van der Waals surface area contributed by atoms with E-state index in [1.807, 2.05) is 0 Å². The number of benzene rings is 2. The Morgan fingerprint density at radius 3 is 2.62 bits per heavy atom. The molecule has 26 heavy (non-hydrogen) atoms. The van der Waals surface area contributed by atoms with Gasteiger partial charge in [-0.15, -0.1) is 0 Å². The van der Waals surface area contributed by atoms with E-state index in [9.17, 15) is 19.1 Å². The number of rotatable bonds is 6. The Bertz CT molecular complexity index is 884. The second-order valence-electron chi connectivity index (χ2n) is 5.70. The highest BCUT2D eigenvalue weighted by Crippen LogP contribution is 2.32. The minimum atomic E-state index is -1.24. The molecule has 1 aliphatic rings. The number of fused-ring (bicyclic) bond motifs is 1. The van der Waals surface area contributed by atoms with Gasteiger partial charge in [-0.05, 0) is 35.4 Å². The third-order valence-electron chi connectivity index (χ3n) is 4.16. The molecule has 0 spiro atoms. The maximum atomic E-state index is 14.3. The van der Waals surface area contributed by atoms with Crippen molar-refractivity contribution < 1.29 is 28.6 Å². The lowest BCUT2D eigenvalue weighted by Crippen LogP contribution is -2.21. The normalized spacial score (nSPS) is 13.6. The van der Waals surface area contributed by atoms with E-state index in [0.29, 0.717) is 28.2 Å². The van der Waals surface area contributed by atoms with Gasteiger partial charge in [0.05, 0.1) is 19.9 Å². The van der Waals surface area contributed by atoms with Crippen LogP contribution >= 0.6 is 0 Å². The molecule has 0 saturated heterocycles. The highest BCUT2D eigenvalue weighted by molar-refractivity contribution is 5.99. The van der Waals surface area contributed by atoms with E-state index in [4.69, 9.17) is 9.47 Å². The van der Waals surface area contributed by atoms with Gasteiger partial charge in [-0.3, -0.25) is 4.79 Å². The van der Waals surface area contributed by atoms with Crippen LogP contribution in [0.25, 0.3) is 0 Å². The zero-order chi connectivity index (χ0) is 18.8. The number of methoxy groups -OCH3 is 2. The molecule has 3 rings (SSSR count). The number of carboxylic acid groups (broad SMARTS) is 1. The minimum absolute atomic E-state index is 0.0667. The molecular weight excluding hydrogens is 343 g/mol. The second kappa shape index (κ2) is 6.91. The number of halogens is 1. The first-order chi connectivity index (χ1) is 12.4. The average Bonchev–Trinajstić information content (AvgIpc) is 2.98. The van der Waals surface area contributed by atoms with E-state index in [0.717, 1.165) is 0 Å². The van der Waals surface area contributed by atoms with Crippen molar-refractivity contribution in [2.45, 2.75) is 12.6 Å². The fourth-order valence-electron chi connectivity index (χ4n) is 2.83. The van der Waals surface area contributed by atoms with Crippen molar-refractivity contribution in [2.24, 2.45) is 0 Å². The molecule has 0 bridgehead atoms. The van der Waals surface area contributed by atoms with Gasteiger partial charge < -0.3 is 25.2 Å². The SMILES string of the molecule is COc1ccc(C(Nc2cc3c(cc2F)CNC3=O)C(=O)O)cc1OC. The number of aliphatic carboxylic acids is 1. The van der Waals surface area contributed by atoms with Crippen LogP contribution in [0, 0.1) is 5.82 Å². The molecule has 1 unspecified atom stereocenters. The van der Waals surface area contributed by atoms with Crippen LogP contribution in [0.15, 0.2) is 30.3 Å². The lowest BCUT2D eigenvalue weighted by molar-refractivity contribution is -0.138. The molecule has 1 atom stereocenters. The molecule has 1 amide bonds. The Kier molecular flexibility index (Phi) is 4.66. The van der Waals surface area contributed by atoms with Crippen molar-refractivity contribution in [1.29, 1.82) is 0 Å². The van der Waals surface area contributed by atoms with Gasteiger partial charge in [0.1, 0.15) is 5.82 Å². The fourth-order valence-corrected chi connectivity index (χ4v) is 2.83. The Morgan fingerprint density at radius 1 is 1.23 bits per heavy atom. The number of amides is 1. The third kappa shape index (κ3) is 3.13. The molecule has 7 nitrogen and oxygen atoms in total. The van der Waals surface area contributed by atoms with E-state index >= 15 is 0 Å². The Hall–Kier alpha value is -3.29. The van der Waals surface area contributed by atoms with Crippen molar-refractivity contribution in [3.63, 3.8) is 0 Å². The first-order valence-electron chi connectivity index (χ1n) is 7.76. The number of carbonyl (C=O) groups excluding carboxylic acids is 1. The predicted octanol–water partition coefficient (Wildman–Crippen LogP) is 2.32. The van der Waals surface area contributed by atoms with Crippen molar-refractivity contribution >= 4 is 17.6 Å². The molecule has 0 aliphatic carbocycles. The van der Waals surface area contributed by atoms with Crippen molar-refractivity contribution in [3.05, 3.63) is 52.8 Å². The third-order valence-corrected chi connectivity index (χ3v) is 4.16. The summed E-state index contributed by atoms with van der Waals surface area (Å²) in [7, 11) is 2.90. The Morgan fingerprint density at radius 2 is 1.96 bits per heavy atom. The Labute approximate surface area is 148 Å². The van der Waals surface area contributed by atoms with Gasteiger partial charge in [-0.25, -0.2) is 9.18 Å². The van der Waals surface area contributed by atoms with E-state index in [2.05, 4.69) is 10.6 Å². The Balaban J connectivity index is 1.97. The first kappa shape index (κ1) is 17.5. The zero-order valence-corrected chi connectivity index (χ0v) is 14.1. The van der Waals surface area contributed by atoms with Crippen LogP contribution in [0.1, 0.15) is 27.5 Å². The van der Waals surface area contributed by atoms with Crippen LogP contribution in [0.5, 0.6) is 11.5 Å². The largest absolute Gasteiger partial charge is 0.493 e. The lowest BCUT2D eigenvalue weighted by atomic mass is 10.0. The first-order valence-corrected chi connectivity index (χ1v) is 7.76. The molecule has 0 saturated carbocycles. The van der Waals surface area contributed by atoms with Gasteiger partial charge in [0.25, 0.3) is 5.91 Å². The van der Waals surface area contributed by atoms with E-state index in [1.165, 1.54) is 32.4 Å². The summed E-state index contributed by atoms with van der Waals surface area (Å²) < 4.78 is 24.7. The highest BCUT2D eigenvalue weighted by Gasteiger charge is 2.26. The number of anilines is 1. The second-order valence-corrected chi connectivity index (χ2v) is 5.70. The molecule has 8 heteroatoms. The lowest BCUT2D eigenvalue weighted by Gasteiger charge is -2.19. The minimum Gasteiger partial charge on any atom is -0.493 e. The van der Waals surface area contributed by atoms with Crippen LogP contribution in [-0.4, -0.2) is 31.2 Å². The topological polar surface area (TPSA) is 96.9 Å². The van der Waals surface area contributed by atoms with Crippen LogP contribution in [-0.2, 0) is 11.3 Å². The molecule has 0 aromatic heterocycles. The summed E-state index contributed by atoms with van der Waals surface area (Å²) in [5, 5.41) is 14.8. The monoisotopic (exact) mass is 360 g/mol. The maximum absolute atomic E-state index is 14.3. The van der Waals surface area contributed by atoms with Gasteiger partial charge in [-0.1, -0.05) is 6.07 Å². The van der Waals surface area contributed by atoms with Crippen molar-refractivity contribution in [3.8, 4) is 11.5 Å². The highest BCUT2D eigenvalue weighted by atomic mass is 19.1. The molecule has 0 fully saturated rings. The molecular formula is C18H17FN2O5. The van der Waals surface area contributed by atoms with Gasteiger partial charge in [0.2, 0.25) is 0 Å². The molecule has 0 radical (unpaired) electrons. The zero-order valence-electron chi connectivity index (χ0n) is 14.1. The summed E-state index contributed by atoms with van der Waals surface area (Å²) in [6.45, 7) is 0.253. The maximum Gasteiger partial charge on any atom is 0.330 e. The summed E-state index contributed by atoms with van der Waals surface area (Å²) in [5.74, 6) is -1.36. The van der Waals surface area contributed by atoms with Crippen molar-refractivity contribution in [1.82, 2.24) is 5.32 Å². The van der Waals surface area contributed by atoms with Crippen molar-refractivity contribution in [2.75, 3.05) is 19.5 Å². The molecule has 2 aromatic carbocycles.